The molecule has 0 spiro atoms. The molecule has 3 N–H and O–H groups in total. The summed E-state index contributed by atoms with van der Waals surface area (Å²) in [5.41, 5.74) is 4.55. The zero-order chi connectivity index (χ0) is 13.2. The van der Waals surface area contributed by atoms with Crippen molar-refractivity contribution in [2.45, 2.75) is 4.90 Å². The van der Waals surface area contributed by atoms with Crippen molar-refractivity contribution in [3.8, 4) is 0 Å². The van der Waals surface area contributed by atoms with Gasteiger partial charge in [-0.25, -0.2) is 13.2 Å². The van der Waals surface area contributed by atoms with E-state index in [0.29, 0.717) is 0 Å². The van der Waals surface area contributed by atoms with Crippen LogP contribution in [0.5, 0.6) is 0 Å². The molecule has 0 aliphatic carbocycles. The van der Waals surface area contributed by atoms with Crippen LogP contribution in [0.3, 0.4) is 0 Å². The number of hydrogen-bond acceptors (Lipinski definition) is 4. The van der Waals surface area contributed by atoms with Gasteiger partial charge in [-0.1, -0.05) is 11.6 Å². The normalized spacial score (nSPS) is 11.1. The number of nitrogens with two attached hydrogens (primary N) is 1. The van der Waals surface area contributed by atoms with Gasteiger partial charge in [0.1, 0.15) is 5.75 Å². The fourth-order valence-corrected chi connectivity index (χ4v) is 2.81. The van der Waals surface area contributed by atoms with Crippen LogP contribution >= 0.6 is 11.6 Å². The Balaban J connectivity index is 3.35. The zero-order valence-corrected chi connectivity index (χ0v) is 9.96. The first kappa shape index (κ1) is 13.5. The van der Waals surface area contributed by atoms with Crippen LogP contribution in [-0.4, -0.2) is 31.2 Å². The molecule has 0 unspecified atom stereocenters. The Morgan fingerprint density at radius 1 is 1.35 bits per heavy atom. The molecular weight excluding hydrogens is 270 g/mol. The Bertz CT molecular complexity index is 581. The lowest BCUT2D eigenvalue weighted by Crippen LogP contribution is -2.23. The molecule has 0 heterocycles. The molecular formula is C9H8ClNO5S. The summed E-state index contributed by atoms with van der Waals surface area (Å²) < 4.78 is 23.3. The molecule has 0 saturated heterocycles. The average molecular weight is 278 g/mol. The highest BCUT2D eigenvalue weighted by atomic mass is 35.5. The van der Waals surface area contributed by atoms with E-state index in [9.17, 15) is 18.0 Å². The molecule has 92 valence electrons. The predicted molar refractivity (Wildman–Crippen MR) is 59.7 cm³/mol. The van der Waals surface area contributed by atoms with Gasteiger partial charge in [-0.2, -0.15) is 0 Å². The molecule has 0 fully saturated rings. The third-order valence-corrected chi connectivity index (χ3v) is 3.96. The number of halogens is 1. The van der Waals surface area contributed by atoms with Crippen molar-refractivity contribution in [1.82, 2.24) is 0 Å². The molecule has 17 heavy (non-hydrogen) atoms. The predicted octanol–water partition coefficient (Wildman–Crippen LogP) is 0.297. The van der Waals surface area contributed by atoms with Crippen LogP contribution in [0.2, 0.25) is 5.02 Å². The lowest BCUT2D eigenvalue weighted by atomic mass is 10.2. The molecule has 6 nitrogen and oxygen atoms in total. The van der Waals surface area contributed by atoms with E-state index in [1.165, 1.54) is 0 Å². The first-order valence-electron chi connectivity index (χ1n) is 4.28. The molecule has 1 aromatic carbocycles. The first-order chi connectivity index (χ1) is 7.74. The molecule has 1 rings (SSSR count). The van der Waals surface area contributed by atoms with Crippen molar-refractivity contribution >= 4 is 33.3 Å². The maximum Gasteiger partial charge on any atom is 0.335 e. The summed E-state index contributed by atoms with van der Waals surface area (Å²) in [6.45, 7) is 0. The first-order valence-corrected chi connectivity index (χ1v) is 6.31. The summed E-state index contributed by atoms with van der Waals surface area (Å²) in [6.07, 6.45) is 0. The van der Waals surface area contributed by atoms with Gasteiger partial charge in [0.25, 0.3) is 0 Å². The van der Waals surface area contributed by atoms with Crippen LogP contribution in [-0.2, 0) is 14.6 Å². The second-order valence-corrected chi connectivity index (χ2v) is 5.54. The number of carbonyl (C=O) groups excluding carboxylic acids is 1. The average Bonchev–Trinajstić information content (AvgIpc) is 2.15. The second-order valence-electron chi connectivity index (χ2n) is 3.18. The van der Waals surface area contributed by atoms with Crippen LogP contribution in [0, 0.1) is 0 Å². The Morgan fingerprint density at radius 3 is 2.41 bits per heavy atom. The third-order valence-electron chi connectivity index (χ3n) is 1.85. The van der Waals surface area contributed by atoms with E-state index >= 15 is 0 Å². The Kier molecular flexibility index (Phi) is 3.74. The Labute approximate surface area is 102 Å². The van der Waals surface area contributed by atoms with Gasteiger partial charge in [0.2, 0.25) is 5.91 Å². The van der Waals surface area contributed by atoms with Gasteiger partial charge in [0, 0.05) is 0 Å². The van der Waals surface area contributed by atoms with Crippen LogP contribution in [0.4, 0.5) is 0 Å². The van der Waals surface area contributed by atoms with E-state index in [1.54, 1.807) is 0 Å². The third kappa shape index (κ3) is 3.18. The lowest BCUT2D eigenvalue weighted by molar-refractivity contribution is -0.115. The summed E-state index contributed by atoms with van der Waals surface area (Å²) in [7, 11) is -4.02. The number of sulfone groups is 1. The highest BCUT2D eigenvalue weighted by molar-refractivity contribution is 7.92. The van der Waals surface area contributed by atoms with Crippen molar-refractivity contribution in [2.24, 2.45) is 5.73 Å². The van der Waals surface area contributed by atoms with E-state index < -0.39 is 32.4 Å². The van der Waals surface area contributed by atoms with Gasteiger partial charge in [-0.05, 0) is 18.2 Å². The highest BCUT2D eigenvalue weighted by Crippen LogP contribution is 2.23. The number of hydrogen-bond donors (Lipinski definition) is 2. The van der Waals surface area contributed by atoms with Crippen LogP contribution in [0.25, 0.3) is 0 Å². The Hall–Kier alpha value is -1.60. The largest absolute Gasteiger partial charge is 0.478 e. The zero-order valence-electron chi connectivity index (χ0n) is 8.38. The van der Waals surface area contributed by atoms with Crippen LogP contribution in [0.1, 0.15) is 10.4 Å². The minimum Gasteiger partial charge on any atom is -0.478 e. The summed E-state index contributed by atoms with van der Waals surface area (Å²) in [5, 5.41) is 8.56. The van der Waals surface area contributed by atoms with Crippen LogP contribution < -0.4 is 5.73 Å². The lowest BCUT2D eigenvalue weighted by Gasteiger charge is -2.05. The summed E-state index contributed by atoms with van der Waals surface area (Å²) in [5.74, 6) is -3.26. The smallest absolute Gasteiger partial charge is 0.335 e. The van der Waals surface area contributed by atoms with E-state index in [1.807, 2.05) is 0 Å². The summed E-state index contributed by atoms with van der Waals surface area (Å²) in [6, 6.07) is 3.19. The number of aromatic carboxylic acids is 1. The maximum absolute atomic E-state index is 11.7. The van der Waals surface area contributed by atoms with Gasteiger partial charge in [-0.3, -0.25) is 4.79 Å². The van der Waals surface area contributed by atoms with Crippen molar-refractivity contribution in [3.05, 3.63) is 28.8 Å². The van der Waals surface area contributed by atoms with Gasteiger partial charge in [-0.15, -0.1) is 0 Å². The van der Waals surface area contributed by atoms with E-state index in [-0.39, 0.29) is 10.6 Å². The quantitative estimate of drug-likeness (QED) is 0.821. The fraction of sp³-hybridized carbons (Fsp3) is 0.111. The van der Waals surface area contributed by atoms with E-state index in [2.05, 4.69) is 0 Å². The number of primary amides is 1. The molecule has 1 amide bonds. The SMILES string of the molecule is NC(=O)CS(=O)(=O)c1cc(C(=O)O)ccc1Cl. The number of benzene rings is 1. The molecule has 0 aliphatic rings. The van der Waals surface area contributed by atoms with Gasteiger partial charge in [0.05, 0.1) is 15.5 Å². The number of amides is 1. The molecule has 0 bridgehead atoms. The minimum absolute atomic E-state index is 0.156. The van der Waals surface area contributed by atoms with Gasteiger partial charge in [0.15, 0.2) is 9.84 Å². The molecule has 1 aromatic rings. The van der Waals surface area contributed by atoms with E-state index in [4.69, 9.17) is 22.4 Å². The molecule has 0 radical (unpaired) electrons. The minimum atomic E-state index is -4.02. The standard InChI is InChI=1S/C9H8ClNO5S/c10-6-2-1-5(9(13)14)3-7(6)17(15,16)4-8(11)12/h1-3H,4H2,(H2,11,12)(H,13,14). The summed E-state index contributed by atoms with van der Waals surface area (Å²) >= 11 is 5.64. The summed E-state index contributed by atoms with van der Waals surface area (Å²) in [4.78, 5) is 20.9. The molecule has 0 atom stereocenters. The molecule has 0 aliphatic heterocycles. The monoisotopic (exact) mass is 277 g/mol. The van der Waals surface area contributed by atoms with Crippen LogP contribution in [0.15, 0.2) is 23.1 Å². The molecule has 8 heteroatoms. The van der Waals surface area contributed by atoms with Crippen molar-refractivity contribution < 1.29 is 23.1 Å². The van der Waals surface area contributed by atoms with Crippen molar-refractivity contribution in [3.63, 3.8) is 0 Å². The van der Waals surface area contributed by atoms with E-state index in [0.717, 1.165) is 18.2 Å². The maximum atomic E-state index is 11.7. The topological polar surface area (TPSA) is 115 Å². The highest BCUT2D eigenvalue weighted by Gasteiger charge is 2.22. The number of carboxylic acid groups (broad SMARTS) is 1. The second kappa shape index (κ2) is 4.72. The number of carboxylic acids is 1. The Morgan fingerprint density at radius 2 is 1.94 bits per heavy atom. The van der Waals surface area contributed by atoms with Gasteiger partial charge >= 0.3 is 5.97 Å². The fourth-order valence-electron chi connectivity index (χ4n) is 1.14. The van der Waals surface area contributed by atoms with Crippen molar-refractivity contribution in [2.75, 3.05) is 5.75 Å². The molecule has 0 saturated carbocycles. The number of carbonyl (C=O) groups is 2. The molecule has 0 aromatic heterocycles. The van der Waals surface area contributed by atoms with Gasteiger partial charge < -0.3 is 10.8 Å². The number of rotatable bonds is 4. The van der Waals surface area contributed by atoms with Crippen molar-refractivity contribution in [1.29, 1.82) is 0 Å².